The number of rotatable bonds is 2. The van der Waals surface area contributed by atoms with Crippen LogP contribution in [0.1, 0.15) is 27.7 Å². The monoisotopic (exact) mass is 204 g/mol. The molecule has 0 bridgehead atoms. The van der Waals surface area contributed by atoms with Gasteiger partial charge in [-0.15, -0.1) is 0 Å². The van der Waals surface area contributed by atoms with Crippen LogP contribution in [0.4, 0.5) is 0 Å². The molecule has 0 rings (SSSR count). The van der Waals surface area contributed by atoms with Crippen molar-refractivity contribution in [1.29, 1.82) is 0 Å². The van der Waals surface area contributed by atoms with Crippen LogP contribution in [0.3, 0.4) is 0 Å². The van der Waals surface area contributed by atoms with Gasteiger partial charge in [0.25, 0.3) is 0 Å². The average molecular weight is 205 g/mol. The zero-order valence-electron chi connectivity index (χ0n) is 6.15. The maximum atomic E-state index is 2.35. The van der Waals surface area contributed by atoms with Gasteiger partial charge in [0.15, 0.2) is 0 Å². The molecule has 0 aromatic rings. The molecule has 0 aromatic carbocycles. The Hall–Kier alpha value is 1.10. The molecule has 0 N–H and O–H groups in total. The van der Waals surface area contributed by atoms with Crippen molar-refractivity contribution in [3.63, 3.8) is 0 Å². The molecule has 44 valence electrons. The molecule has 0 aliphatic carbocycles. The van der Waals surface area contributed by atoms with Gasteiger partial charge in [-0.3, -0.25) is 0 Å². The third kappa shape index (κ3) is 3.19. The van der Waals surface area contributed by atoms with Crippen LogP contribution in [0, 0.1) is 0 Å². The molecule has 0 amide bonds. The van der Waals surface area contributed by atoms with Crippen LogP contribution in [0.5, 0.6) is 0 Å². The molecule has 0 nitrogen and oxygen atoms in total. The van der Waals surface area contributed by atoms with Crippen LogP contribution in [0.25, 0.3) is 0 Å². The molecule has 0 radical (unpaired) electrons. The van der Waals surface area contributed by atoms with Crippen molar-refractivity contribution in [3.05, 3.63) is 0 Å². The van der Waals surface area contributed by atoms with E-state index in [-0.39, 0.29) is 5.43 Å². The summed E-state index contributed by atoms with van der Waals surface area (Å²) in [5.41, 5.74) is 2.04. The van der Waals surface area contributed by atoms with Gasteiger partial charge in [0, 0.05) is 0 Å². The van der Waals surface area contributed by atoms with Gasteiger partial charge in [-0.25, -0.2) is 0 Å². The molecule has 0 heterocycles. The van der Waals surface area contributed by atoms with E-state index in [9.17, 15) is 0 Å². The molecule has 0 fully saturated rings. The van der Waals surface area contributed by atoms with E-state index in [0.29, 0.717) is 0 Å². The van der Waals surface area contributed by atoms with Crippen molar-refractivity contribution < 1.29 is 23.3 Å². The molecule has 0 aliphatic rings. The molecule has 0 saturated carbocycles. The SMILES string of the molecule is CC(C)[Si](=[Zr+2])C(C)C. The summed E-state index contributed by atoms with van der Waals surface area (Å²) in [7, 11) is 0. The molecule has 0 aliphatic heterocycles. The summed E-state index contributed by atoms with van der Waals surface area (Å²) in [5.74, 6) is 0. The molecular formula is C6H14SiZr+2. The predicted octanol–water partition coefficient (Wildman–Crippen LogP) is 2.34. The quantitative estimate of drug-likeness (QED) is 0.607. The molecular weight excluding hydrogens is 191 g/mol. The van der Waals surface area contributed by atoms with E-state index in [4.69, 9.17) is 0 Å². The van der Waals surface area contributed by atoms with Crippen LogP contribution in [-0.2, 0) is 23.3 Å². The first-order valence-corrected chi connectivity index (χ1v) is 8.48. The third-order valence-corrected chi connectivity index (χ3v) is 12.2. The zero-order valence-corrected chi connectivity index (χ0v) is 9.61. The minimum atomic E-state index is 0.0663. The van der Waals surface area contributed by atoms with Crippen molar-refractivity contribution in [2.75, 3.05) is 0 Å². The van der Waals surface area contributed by atoms with Crippen molar-refractivity contribution >= 4 is 5.43 Å². The van der Waals surface area contributed by atoms with Crippen molar-refractivity contribution in [2.45, 2.75) is 38.8 Å². The summed E-state index contributed by atoms with van der Waals surface area (Å²) in [6, 6.07) is 0. The first-order valence-electron chi connectivity index (χ1n) is 3.14. The number of hydrogen-bond acceptors (Lipinski definition) is 0. The Morgan fingerprint density at radius 2 is 1.25 bits per heavy atom. The fraction of sp³-hybridized carbons (Fsp3) is 1.00. The summed E-state index contributed by atoms with van der Waals surface area (Å²) < 4.78 is 0. The van der Waals surface area contributed by atoms with E-state index in [0.717, 1.165) is 11.1 Å². The van der Waals surface area contributed by atoms with E-state index < -0.39 is 0 Å². The molecule has 0 saturated heterocycles. The topological polar surface area (TPSA) is 0 Å². The summed E-state index contributed by atoms with van der Waals surface area (Å²) in [4.78, 5) is 0. The van der Waals surface area contributed by atoms with Gasteiger partial charge >= 0.3 is 67.5 Å². The summed E-state index contributed by atoms with van der Waals surface area (Å²) in [5, 5.41) is 0. The zero-order chi connectivity index (χ0) is 6.73. The van der Waals surface area contributed by atoms with Gasteiger partial charge in [-0.2, -0.15) is 0 Å². The summed E-state index contributed by atoms with van der Waals surface area (Å²) >= 11 is 1.80. The Labute approximate surface area is 67.4 Å². The number of hydrogen-bond donors (Lipinski definition) is 0. The summed E-state index contributed by atoms with van der Waals surface area (Å²) in [6.45, 7) is 9.40. The fourth-order valence-electron chi connectivity index (χ4n) is 0.667. The standard InChI is InChI=1S/C6H14Si.Zr/c1-5(2)7-6(3)4;/h5-6H,1-4H3;/q;+2. The Kier molecular flexibility index (Phi) is 4.55. The molecule has 0 atom stereocenters. The van der Waals surface area contributed by atoms with Crippen molar-refractivity contribution in [1.82, 2.24) is 0 Å². The van der Waals surface area contributed by atoms with Gasteiger partial charge < -0.3 is 0 Å². The van der Waals surface area contributed by atoms with Crippen LogP contribution < -0.4 is 0 Å². The first kappa shape index (κ1) is 9.10. The van der Waals surface area contributed by atoms with E-state index in [1.807, 2.05) is 0 Å². The molecule has 8 heavy (non-hydrogen) atoms. The van der Waals surface area contributed by atoms with Crippen LogP contribution in [0.15, 0.2) is 0 Å². The predicted molar refractivity (Wildman–Crippen MR) is 35.9 cm³/mol. The molecule has 0 spiro atoms. The van der Waals surface area contributed by atoms with Crippen LogP contribution >= 0.6 is 0 Å². The Morgan fingerprint density at radius 1 is 1.00 bits per heavy atom. The van der Waals surface area contributed by atoms with E-state index in [1.54, 1.807) is 23.3 Å². The second-order valence-corrected chi connectivity index (χ2v) is 10.2. The van der Waals surface area contributed by atoms with Crippen molar-refractivity contribution in [3.8, 4) is 0 Å². The second kappa shape index (κ2) is 4.00. The van der Waals surface area contributed by atoms with E-state index >= 15 is 0 Å². The first-order chi connectivity index (χ1) is 3.55. The van der Waals surface area contributed by atoms with Crippen LogP contribution in [-0.4, -0.2) is 5.43 Å². The average Bonchev–Trinajstić information content (AvgIpc) is 1.64. The Bertz CT molecular complexity index is 76.5. The third-order valence-electron chi connectivity index (χ3n) is 1.24. The van der Waals surface area contributed by atoms with Crippen molar-refractivity contribution in [2.24, 2.45) is 0 Å². The van der Waals surface area contributed by atoms with Gasteiger partial charge in [0.1, 0.15) is 0 Å². The fourth-order valence-corrected chi connectivity index (χ4v) is 2.00. The van der Waals surface area contributed by atoms with Gasteiger partial charge in [-0.05, 0) is 0 Å². The minimum absolute atomic E-state index is 0.0663. The second-order valence-electron chi connectivity index (χ2n) is 2.76. The van der Waals surface area contributed by atoms with Gasteiger partial charge in [0.2, 0.25) is 0 Å². The maximum absolute atomic E-state index is 2.35. The Morgan fingerprint density at radius 3 is 1.25 bits per heavy atom. The molecule has 0 unspecified atom stereocenters. The summed E-state index contributed by atoms with van der Waals surface area (Å²) in [6.07, 6.45) is 0. The normalized spacial score (nSPS) is 11.0. The molecule has 2 heteroatoms. The van der Waals surface area contributed by atoms with Gasteiger partial charge in [0.05, 0.1) is 0 Å². The van der Waals surface area contributed by atoms with Gasteiger partial charge in [-0.1, -0.05) is 0 Å². The van der Waals surface area contributed by atoms with E-state index in [1.165, 1.54) is 0 Å². The van der Waals surface area contributed by atoms with Crippen LogP contribution in [0.2, 0.25) is 11.1 Å². The van der Waals surface area contributed by atoms with E-state index in [2.05, 4.69) is 27.7 Å². The Balaban J connectivity index is 3.65. The molecule has 0 aromatic heterocycles.